The van der Waals surface area contributed by atoms with Crippen LogP contribution in [0.3, 0.4) is 0 Å². The largest absolute Gasteiger partial charge is 0.476 e. The van der Waals surface area contributed by atoms with Crippen LogP contribution in [0.2, 0.25) is 0 Å². The molecule has 0 amide bonds. The zero-order valence-corrected chi connectivity index (χ0v) is 10.5. The molecule has 1 aliphatic rings. The van der Waals surface area contributed by atoms with Gasteiger partial charge in [-0.05, 0) is 38.1 Å². The van der Waals surface area contributed by atoms with Crippen LogP contribution in [0, 0.1) is 0 Å². The molecule has 0 radical (unpaired) electrons. The number of likely N-dealkylation sites (tertiary alicyclic amines) is 1. The van der Waals surface area contributed by atoms with Crippen molar-refractivity contribution in [2.24, 2.45) is 0 Å². The van der Waals surface area contributed by atoms with Crippen molar-refractivity contribution in [1.82, 2.24) is 14.3 Å². The van der Waals surface area contributed by atoms with E-state index in [1.54, 1.807) is 10.5 Å². The summed E-state index contributed by atoms with van der Waals surface area (Å²) in [6.45, 7) is 2.75. The first-order valence-corrected chi connectivity index (χ1v) is 6.38. The molecule has 100 valence electrons. The van der Waals surface area contributed by atoms with Crippen LogP contribution in [0.25, 0.3) is 5.52 Å². The number of nitrogens with zero attached hydrogens (tertiary/aromatic N) is 3. The number of pyridine rings is 1. The lowest BCUT2D eigenvalue weighted by atomic mass is 10.3. The number of hydrogen-bond acceptors (Lipinski definition) is 4. The number of fused-ring (bicyclic) bond motifs is 1. The average molecular weight is 260 g/mol. The highest BCUT2D eigenvalue weighted by atomic mass is 16.4. The number of anilines is 1. The molecule has 2 aromatic heterocycles. The summed E-state index contributed by atoms with van der Waals surface area (Å²) in [6, 6.07) is 3.51. The molecule has 0 bridgehead atoms. The Morgan fingerprint density at radius 2 is 2.16 bits per heavy atom. The van der Waals surface area contributed by atoms with Crippen LogP contribution >= 0.6 is 0 Å². The van der Waals surface area contributed by atoms with Crippen molar-refractivity contribution in [3.63, 3.8) is 0 Å². The van der Waals surface area contributed by atoms with E-state index in [1.165, 1.54) is 12.8 Å². The Hall–Kier alpha value is -2.08. The molecule has 0 spiro atoms. The number of hydrogen-bond donors (Lipinski definition) is 2. The van der Waals surface area contributed by atoms with E-state index < -0.39 is 5.97 Å². The zero-order chi connectivity index (χ0) is 13.4. The summed E-state index contributed by atoms with van der Waals surface area (Å²) in [5, 5.41) is 9.24. The lowest BCUT2D eigenvalue weighted by Crippen LogP contribution is -2.20. The van der Waals surface area contributed by atoms with Crippen molar-refractivity contribution in [3.8, 4) is 0 Å². The smallest absolute Gasteiger partial charge is 0.356 e. The molecule has 19 heavy (non-hydrogen) atoms. The van der Waals surface area contributed by atoms with Crippen LogP contribution in [0.4, 0.5) is 5.69 Å². The predicted octanol–water partition coefficient (Wildman–Crippen LogP) is 1.21. The van der Waals surface area contributed by atoms with Gasteiger partial charge in [0, 0.05) is 6.20 Å². The maximum absolute atomic E-state index is 11.3. The molecule has 0 saturated carbocycles. The Balaban J connectivity index is 2.09. The molecule has 1 saturated heterocycles. The summed E-state index contributed by atoms with van der Waals surface area (Å²) in [5.41, 5.74) is 6.85. The molecule has 2 aromatic rings. The minimum atomic E-state index is -1.04. The third-order valence-corrected chi connectivity index (χ3v) is 3.53. The van der Waals surface area contributed by atoms with E-state index in [4.69, 9.17) is 5.73 Å². The van der Waals surface area contributed by atoms with E-state index in [9.17, 15) is 9.90 Å². The van der Waals surface area contributed by atoms with Gasteiger partial charge in [-0.1, -0.05) is 0 Å². The highest BCUT2D eigenvalue weighted by Crippen LogP contribution is 2.21. The topological polar surface area (TPSA) is 83.9 Å². The number of nitrogens with two attached hydrogens (primary N) is 1. The van der Waals surface area contributed by atoms with Gasteiger partial charge in [-0.2, -0.15) is 0 Å². The van der Waals surface area contributed by atoms with Crippen molar-refractivity contribution in [3.05, 3.63) is 29.8 Å². The molecule has 0 aromatic carbocycles. The highest BCUT2D eigenvalue weighted by Gasteiger charge is 2.21. The first kappa shape index (κ1) is 12.0. The van der Waals surface area contributed by atoms with Gasteiger partial charge in [0.05, 0.1) is 12.2 Å². The number of rotatable bonds is 3. The highest BCUT2D eigenvalue weighted by molar-refractivity contribution is 5.97. The van der Waals surface area contributed by atoms with E-state index in [0.717, 1.165) is 18.9 Å². The maximum Gasteiger partial charge on any atom is 0.356 e. The summed E-state index contributed by atoms with van der Waals surface area (Å²) in [7, 11) is 0. The zero-order valence-electron chi connectivity index (χ0n) is 10.5. The van der Waals surface area contributed by atoms with Gasteiger partial charge in [0.1, 0.15) is 11.3 Å². The van der Waals surface area contributed by atoms with Gasteiger partial charge in [-0.15, -0.1) is 0 Å². The van der Waals surface area contributed by atoms with Gasteiger partial charge in [0.15, 0.2) is 5.69 Å². The summed E-state index contributed by atoms with van der Waals surface area (Å²) in [6.07, 6.45) is 4.20. The Morgan fingerprint density at radius 3 is 2.84 bits per heavy atom. The quantitative estimate of drug-likeness (QED) is 0.866. The molecule has 3 rings (SSSR count). The lowest BCUT2D eigenvalue weighted by molar-refractivity contribution is 0.0693. The molecule has 3 N–H and O–H groups in total. The first-order valence-electron chi connectivity index (χ1n) is 6.38. The Kier molecular flexibility index (Phi) is 2.87. The number of nitrogen functional groups attached to an aromatic ring is 1. The van der Waals surface area contributed by atoms with E-state index in [-0.39, 0.29) is 5.69 Å². The fourth-order valence-corrected chi connectivity index (χ4v) is 2.63. The van der Waals surface area contributed by atoms with Crippen LogP contribution in [-0.2, 0) is 6.54 Å². The number of carboxylic acid groups (broad SMARTS) is 1. The average Bonchev–Trinajstić information content (AvgIpc) is 2.99. The van der Waals surface area contributed by atoms with Crippen molar-refractivity contribution in [1.29, 1.82) is 0 Å². The molecular formula is C13H16N4O2. The van der Waals surface area contributed by atoms with Crippen molar-refractivity contribution < 1.29 is 9.90 Å². The summed E-state index contributed by atoms with van der Waals surface area (Å²) < 4.78 is 1.79. The lowest BCUT2D eigenvalue weighted by Gasteiger charge is -2.13. The van der Waals surface area contributed by atoms with Crippen molar-refractivity contribution in [2.75, 3.05) is 18.8 Å². The first-order chi connectivity index (χ1) is 9.16. The van der Waals surface area contributed by atoms with Crippen molar-refractivity contribution in [2.45, 2.75) is 19.4 Å². The molecule has 1 fully saturated rings. The van der Waals surface area contributed by atoms with Gasteiger partial charge in [-0.25, -0.2) is 9.78 Å². The number of aromatic carboxylic acids is 1. The van der Waals surface area contributed by atoms with Crippen LogP contribution in [-0.4, -0.2) is 38.4 Å². The normalized spacial score (nSPS) is 16.2. The van der Waals surface area contributed by atoms with Crippen LogP contribution in [0.15, 0.2) is 18.3 Å². The predicted molar refractivity (Wildman–Crippen MR) is 71.1 cm³/mol. The molecule has 0 unspecified atom stereocenters. The molecule has 1 aliphatic heterocycles. The van der Waals surface area contributed by atoms with Gasteiger partial charge in [0.2, 0.25) is 0 Å². The molecule has 6 heteroatoms. The minimum absolute atomic E-state index is 0.0345. The van der Waals surface area contributed by atoms with Gasteiger partial charge in [-0.3, -0.25) is 9.30 Å². The van der Waals surface area contributed by atoms with Gasteiger partial charge >= 0.3 is 5.97 Å². The van der Waals surface area contributed by atoms with Gasteiger partial charge < -0.3 is 10.8 Å². The second-order valence-corrected chi connectivity index (χ2v) is 4.85. The minimum Gasteiger partial charge on any atom is -0.476 e. The third kappa shape index (κ3) is 2.04. The molecule has 3 heterocycles. The van der Waals surface area contributed by atoms with Crippen LogP contribution in [0.1, 0.15) is 29.2 Å². The maximum atomic E-state index is 11.3. The van der Waals surface area contributed by atoms with Crippen molar-refractivity contribution >= 4 is 17.2 Å². The number of aromatic nitrogens is 2. The standard InChI is InChI=1S/C13H16N4O2/c14-9-4-3-7-17-10(8-16-5-1-2-6-16)15-11(12(9)17)13(18)19/h3-4,7H,1-2,5-6,8,14H2,(H,18,19). The van der Waals surface area contributed by atoms with Gasteiger partial charge in [0.25, 0.3) is 0 Å². The molecular weight excluding hydrogens is 244 g/mol. The fraction of sp³-hybridized carbons (Fsp3) is 0.385. The molecule has 6 nitrogen and oxygen atoms in total. The van der Waals surface area contributed by atoms with E-state index in [0.29, 0.717) is 17.7 Å². The fourth-order valence-electron chi connectivity index (χ4n) is 2.63. The van der Waals surface area contributed by atoms with E-state index in [2.05, 4.69) is 9.88 Å². The summed E-state index contributed by atoms with van der Waals surface area (Å²) >= 11 is 0. The Bertz CT molecular complexity index is 629. The van der Waals surface area contributed by atoms with Crippen LogP contribution in [0.5, 0.6) is 0 Å². The number of imidazole rings is 1. The second-order valence-electron chi connectivity index (χ2n) is 4.85. The molecule has 0 atom stereocenters. The summed E-state index contributed by atoms with van der Waals surface area (Å²) in [5.74, 6) is -0.301. The summed E-state index contributed by atoms with van der Waals surface area (Å²) in [4.78, 5) is 17.8. The molecule has 0 aliphatic carbocycles. The number of carboxylic acids is 1. The van der Waals surface area contributed by atoms with Crippen LogP contribution < -0.4 is 5.73 Å². The van der Waals surface area contributed by atoms with E-state index >= 15 is 0 Å². The second kappa shape index (κ2) is 4.55. The monoisotopic (exact) mass is 260 g/mol. The SMILES string of the molecule is Nc1cccn2c(CN3CCCC3)nc(C(=O)O)c12. The third-order valence-electron chi connectivity index (χ3n) is 3.53. The Labute approximate surface area is 110 Å². The number of carbonyl (C=O) groups is 1. The Morgan fingerprint density at radius 1 is 1.42 bits per heavy atom. The van der Waals surface area contributed by atoms with E-state index in [1.807, 2.05) is 12.3 Å².